The molecule has 1 heterocycles. The number of benzene rings is 1. The van der Waals surface area contributed by atoms with Crippen LogP contribution in [-0.4, -0.2) is 23.6 Å². The minimum atomic E-state index is -0.0776. The van der Waals surface area contributed by atoms with E-state index in [2.05, 4.69) is 10.6 Å². The molecule has 0 aromatic heterocycles. The molecule has 86 valence electrons. The van der Waals surface area contributed by atoms with E-state index < -0.39 is 0 Å². The monoisotopic (exact) mass is 236 g/mol. The quantitative estimate of drug-likeness (QED) is 0.836. The van der Waals surface area contributed by atoms with Gasteiger partial charge in [-0.2, -0.15) is 0 Å². The summed E-state index contributed by atoms with van der Waals surface area (Å²) in [5.41, 5.74) is 1.14. The molecule has 3 nitrogen and oxygen atoms in total. The van der Waals surface area contributed by atoms with Crippen LogP contribution in [0.1, 0.15) is 18.5 Å². The van der Waals surface area contributed by atoms with Crippen molar-refractivity contribution in [1.82, 2.24) is 10.6 Å². The Morgan fingerprint density at radius 3 is 2.88 bits per heavy atom. The second-order valence-electron chi connectivity index (χ2n) is 3.85. The number of amides is 1. The molecule has 1 amide bonds. The highest BCUT2D eigenvalue weighted by Gasteiger charge is 2.23. The first-order valence-corrected chi connectivity index (χ1v) is 6.52. The molecule has 1 fully saturated rings. The molecule has 1 aromatic rings. The van der Waals surface area contributed by atoms with E-state index in [1.807, 2.05) is 37.3 Å². The van der Waals surface area contributed by atoms with Gasteiger partial charge in [0.15, 0.2) is 0 Å². The van der Waals surface area contributed by atoms with Gasteiger partial charge < -0.3 is 5.32 Å². The first kappa shape index (κ1) is 11.5. The standard InChI is InChI=1S/C12H16N2OS/c1-9(10-5-3-2-4-6-10)14-11(15)12-13-7-8-16-12/h2-6,9,12-13H,7-8H2,1H3,(H,14,15). The smallest absolute Gasteiger partial charge is 0.247 e. The molecule has 0 spiro atoms. The van der Waals surface area contributed by atoms with Gasteiger partial charge in [-0.3, -0.25) is 10.1 Å². The number of rotatable bonds is 3. The lowest BCUT2D eigenvalue weighted by Gasteiger charge is -2.17. The molecule has 4 heteroatoms. The predicted molar refractivity (Wildman–Crippen MR) is 67.2 cm³/mol. The lowest BCUT2D eigenvalue weighted by atomic mass is 10.1. The van der Waals surface area contributed by atoms with E-state index in [1.165, 1.54) is 0 Å². The normalized spacial score (nSPS) is 21.7. The van der Waals surface area contributed by atoms with E-state index in [1.54, 1.807) is 11.8 Å². The van der Waals surface area contributed by atoms with E-state index in [-0.39, 0.29) is 17.3 Å². The van der Waals surface area contributed by atoms with E-state index in [0.29, 0.717) is 0 Å². The van der Waals surface area contributed by atoms with Gasteiger partial charge in [0.05, 0.1) is 6.04 Å². The molecule has 0 radical (unpaired) electrons. The predicted octanol–water partition coefficient (Wildman–Crippen LogP) is 1.53. The summed E-state index contributed by atoms with van der Waals surface area (Å²) in [6, 6.07) is 10.1. The SMILES string of the molecule is CC(NC(=O)C1NCCS1)c1ccccc1. The van der Waals surface area contributed by atoms with Crippen LogP contribution in [0.4, 0.5) is 0 Å². The fraction of sp³-hybridized carbons (Fsp3) is 0.417. The van der Waals surface area contributed by atoms with Crippen molar-refractivity contribution in [2.45, 2.75) is 18.3 Å². The molecule has 1 aromatic carbocycles. The van der Waals surface area contributed by atoms with Gasteiger partial charge in [-0.1, -0.05) is 30.3 Å². The molecule has 2 rings (SSSR count). The van der Waals surface area contributed by atoms with E-state index in [4.69, 9.17) is 0 Å². The van der Waals surface area contributed by atoms with E-state index in [0.717, 1.165) is 17.9 Å². The summed E-state index contributed by atoms with van der Waals surface area (Å²) in [5, 5.41) is 6.10. The molecule has 1 aliphatic heterocycles. The topological polar surface area (TPSA) is 41.1 Å². The number of carbonyl (C=O) groups excluding carboxylic acids is 1. The van der Waals surface area contributed by atoms with Crippen molar-refractivity contribution in [3.05, 3.63) is 35.9 Å². The zero-order chi connectivity index (χ0) is 11.4. The summed E-state index contributed by atoms with van der Waals surface area (Å²) in [5.74, 6) is 1.09. The lowest BCUT2D eigenvalue weighted by molar-refractivity contribution is -0.121. The molecular formula is C12H16N2OS. The van der Waals surface area contributed by atoms with Gasteiger partial charge in [-0.05, 0) is 12.5 Å². The minimum Gasteiger partial charge on any atom is -0.347 e. The molecule has 2 atom stereocenters. The number of hydrogen-bond donors (Lipinski definition) is 2. The minimum absolute atomic E-state index is 0.0664. The maximum atomic E-state index is 11.8. The van der Waals surface area contributed by atoms with E-state index in [9.17, 15) is 4.79 Å². The van der Waals surface area contributed by atoms with Gasteiger partial charge in [-0.25, -0.2) is 0 Å². The lowest BCUT2D eigenvalue weighted by Crippen LogP contribution is -2.39. The largest absolute Gasteiger partial charge is 0.347 e. The average Bonchev–Trinajstić information content (AvgIpc) is 2.83. The van der Waals surface area contributed by atoms with Crippen LogP contribution in [0.25, 0.3) is 0 Å². The Morgan fingerprint density at radius 2 is 2.25 bits per heavy atom. The van der Waals surface area contributed by atoms with Gasteiger partial charge in [0.25, 0.3) is 0 Å². The van der Waals surface area contributed by atoms with Gasteiger partial charge in [0.1, 0.15) is 5.37 Å². The van der Waals surface area contributed by atoms with Gasteiger partial charge in [0, 0.05) is 12.3 Å². The van der Waals surface area contributed by atoms with Crippen LogP contribution in [0.3, 0.4) is 0 Å². The second kappa shape index (κ2) is 5.37. The van der Waals surface area contributed by atoms with Crippen LogP contribution < -0.4 is 10.6 Å². The van der Waals surface area contributed by atoms with Crippen molar-refractivity contribution in [2.24, 2.45) is 0 Å². The molecule has 2 unspecified atom stereocenters. The Bertz CT molecular complexity index is 349. The Labute approximate surface area is 100.0 Å². The summed E-state index contributed by atoms with van der Waals surface area (Å²) in [7, 11) is 0. The summed E-state index contributed by atoms with van der Waals surface area (Å²) in [6.07, 6.45) is 0. The third-order valence-electron chi connectivity index (χ3n) is 2.61. The van der Waals surface area contributed by atoms with Crippen molar-refractivity contribution in [3.8, 4) is 0 Å². The van der Waals surface area contributed by atoms with Crippen molar-refractivity contribution in [2.75, 3.05) is 12.3 Å². The van der Waals surface area contributed by atoms with Gasteiger partial charge in [0.2, 0.25) is 5.91 Å². The molecule has 0 aliphatic carbocycles. The highest BCUT2D eigenvalue weighted by Crippen LogP contribution is 2.16. The Kier molecular flexibility index (Phi) is 3.85. The van der Waals surface area contributed by atoms with Crippen LogP contribution in [0.2, 0.25) is 0 Å². The van der Waals surface area contributed by atoms with Crippen LogP contribution in [0.15, 0.2) is 30.3 Å². The van der Waals surface area contributed by atoms with Crippen LogP contribution in [0.5, 0.6) is 0 Å². The summed E-state index contributed by atoms with van der Waals surface area (Å²) >= 11 is 1.66. The maximum absolute atomic E-state index is 11.8. The highest BCUT2D eigenvalue weighted by molar-refractivity contribution is 8.00. The van der Waals surface area contributed by atoms with Crippen molar-refractivity contribution < 1.29 is 4.79 Å². The third kappa shape index (κ3) is 2.77. The Balaban J connectivity index is 1.92. The molecule has 16 heavy (non-hydrogen) atoms. The Hall–Kier alpha value is -1.00. The van der Waals surface area contributed by atoms with Crippen molar-refractivity contribution in [1.29, 1.82) is 0 Å². The fourth-order valence-electron chi connectivity index (χ4n) is 1.71. The van der Waals surface area contributed by atoms with E-state index >= 15 is 0 Å². The summed E-state index contributed by atoms with van der Waals surface area (Å²) < 4.78 is 0. The highest BCUT2D eigenvalue weighted by atomic mass is 32.2. The average molecular weight is 236 g/mol. The number of thioether (sulfide) groups is 1. The summed E-state index contributed by atoms with van der Waals surface area (Å²) in [6.45, 7) is 2.93. The first-order valence-electron chi connectivity index (χ1n) is 5.47. The molecular weight excluding hydrogens is 220 g/mol. The second-order valence-corrected chi connectivity index (χ2v) is 5.06. The molecule has 0 saturated carbocycles. The third-order valence-corrected chi connectivity index (χ3v) is 3.77. The number of carbonyl (C=O) groups is 1. The zero-order valence-corrected chi connectivity index (χ0v) is 10.1. The van der Waals surface area contributed by atoms with Crippen molar-refractivity contribution >= 4 is 17.7 Å². The van der Waals surface area contributed by atoms with Gasteiger partial charge in [-0.15, -0.1) is 11.8 Å². The summed E-state index contributed by atoms with van der Waals surface area (Å²) in [4.78, 5) is 11.8. The van der Waals surface area contributed by atoms with Gasteiger partial charge >= 0.3 is 0 Å². The first-order chi connectivity index (χ1) is 7.77. The Morgan fingerprint density at radius 1 is 1.50 bits per heavy atom. The molecule has 2 N–H and O–H groups in total. The molecule has 0 bridgehead atoms. The maximum Gasteiger partial charge on any atom is 0.247 e. The zero-order valence-electron chi connectivity index (χ0n) is 9.27. The van der Waals surface area contributed by atoms with Crippen LogP contribution in [0, 0.1) is 0 Å². The molecule has 1 saturated heterocycles. The number of nitrogens with one attached hydrogen (secondary N) is 2. The fourth-order valence-corrected chi connectivity index (χ4v) is 2.63. The number of hydrogen-bond acceptors (Lipinski definition) is 3. The molecule has 1 aliphatic rings. The van der Waals surface area contributed by atoms with Crippen LogP contribution >= 0.6 is 11.8 Å². The van der Waals surface area contributed by atoms with Crippen LogP contribution in [-0.2, 0) is 4.79 Å². The van der Waals surface area contributed by atoms with Crippen molar-refractivity contribution in [3.63, 3.8) is 0 Å².